The summed E-state index contributed by atoms with van der Waals surface area (Å²) in [5.74, 6) is -0.431. The molecule has 6 heteroatoms. The Morgan fingerprint density at radius 3 is 2.64 bits per heavy atom. The second-order valence-corrected chi connectivity index (χ2v) is 5.38. The van der Waals surface area contributed by atoms with Crippen molar-refractivity contribution in [2.24, 2.45) is 0 Å². The predicted octanol–water partition coefficient (Wildman–Crippen LogP) is 3.40. The zero-order valence-electron chi connectivity index (χ0n) is 13.1. The van der Waals surface area contributed by atoms with Gasteiger partial charge in [0.25, 0.3) is 0 Å². The van der Waals surface area contributed by atoms with Gasteiger partial charge in [0.2, 0.25) is 5.91 Å². The lowest BCUT2D eigenvalue weighted by Gasteiger charge is -2.12. The highest BCUT2D eigenvalue weighted by Crippen LogP contribution is 2.20. The first-order chi connectivity index (χ1) is 12.2. The molecule has 0 bridgehead atoms. The van der Waals surface area contributed by atoms with Gasteiger partial charge in [-0.3, -0.25) is 4.79 Å². The van der Waals surface area contributed by atoms with Crippen LogP contribution in [0.25, 0.3) is 11.3 Å². The fraction of sp³-hybridized carbons (Fsp3) is 0.105. The Morgan fingerprint density at radius 2 is 1.92 bits per heavy atom. The van der Waals surface area contributed by atoms with Gasteiger partial charge in [-0.2, -0.15) is 5.26 Å². The fourth-order valence-corrected chi connectivity index (χ4v) is 2.40. The third-order valence-corrected chi connectivity index (χ3v) is 3.61. The minimum Gasteiger partial charge on any atom is -0.356 e. The number of amides is 1. The number of hydrogen-bond donors (Lipinski definition) is 1. The van der Waals surface area contributed by atoms with E-state index in [2.05, 4.69) is 10.5 Å². The largest absolute Gasteiger partial charge is 0.356 e. The summed E-state index contributed by atoms with van der Waals surface area (Å²) in [4.78, 5) is 12.1. The van der Waals surface area contributed by atoms with Crippen LogP contribution >= 0.6 is 0 Å². The monoisotopic (exact) mass is 335 g/mol. The molecule has 0 saturated carbocycles. The third kappa shape index (κ3) is 3.90. The average molecular weight is 335 g/mol. The summed E-state index contributed by atoms with van der Waals surface area (Å²) in [5.41, 5.74) is 1.41. The van der Waals surface area contributed by atoms with Gasteiger partial charge < -0.3 is 9.84 Å². The highest BCUT2D eigenvalue weighted by molar-refractivity contribution is 5.79. The summed E-state index contributed by atoms with van der Waals surface area (Å²) in [6.07, 6.45) is -0.0665. The number of nitrogens with one attached hydrogen (secondary N) is 1. The highest BCUT2D eigenvalue weighted by Gasteiger charge is 2.18. The lowest BCUT2D eigenvalue weighted by atomic mass is 10.1. The minimum absolute atomic E-state index is 0.0665. The maximum Gasteiger partial charge on any atom is 0.227 e. The molecule has 0 unspecified atom stereocenters. The van der Waals surface area contributed by atoms with Crippen molar-refractivity contribution in [3.8, 4) is 17.4 Å². The van der Waals surface area contributed by atoms with E-state index >= 15 is 0 Å². The Bertz CT molecular complexity index is 916. The molecule has 0 fully saturated rings. The topological polar surface area (TPSA) is 78.9 Å². The van der Waals surface area contributed by atoms with Crippen LogP contribution in [0.5, 0.6) is 0 Å². The van der Waals surface area contributed by atoms with Crippen LogP contribution < -0.4 is 5.32 Å². The van der Waals surface area contributed by atoms with Gasteiger partial charge in [0.1, 0.15) is 11.9 Å². The van der Waals surface area contributed by atoms with Crippen LogP contribution in [0.4, 0.5) is 4.39 Å². The first-order valence-electron chi connectivity index (χ1n) is 7.62. The molecule has 0 aliphatic carbocycles. The van der Waals surface area contributed by atoms with Crippen LogP contribution in [-0.2, 0) is 11.2 Å². The second-order valence-electron chi connectivity index (χ2n) is 5.38. The number of rotatable bonds is 5. The van der Waals surface area contributed by atoms with Crippen molar-refractivity contribution in [2.75, 3.05) is 0 Å². The van der Waals surface area contributed by atoms with Crippen molar-refractivity contribution in [1.29, 1.82) is 5.26 Å². The second kappa shape index (κ2) is 7.41. The van der Waals surface area contributed by atoms with Crippen LogP contribution in [0.1, 0.15) is 17.3 Å². The Balaban J connectivity index is 1.68. The standard InChI is InChI=1S/C19H14FN3O2/c20-16-9-5-4-8-15(16)17(12-21)22-19(24)11-14-10-18(25-23-14)13-6-2-1-3-7-13/h1-10,17H,11H2,(H,22,24)/t17-/m1/s1. The highest BCUT2D eigenvalue weighted by atomic mass is 19.1. The summed E-state index contributed by atoms with van der Waals surface area (Å²) in [6, 6.07) is 17.7. The van der Waals surface area contributed by atoms with E-state index in [1.54, 1.807) is 12.1 Å². The molecule has 0 aliphatic rings. The average Bonchev–Trinajstić information content (AvgIpc) is 3.09. The van der Waals surface area contributed by atoms with E-state index in [1.165, 1.54) is 18.2 Å². The molecule has 1 atom stereocenters. The van der Waals surface area contributed by atoms with Crippen molar-refractivity contribution in [2.45, 2.75) is 12.5 Å². The number of benzene rings is 2. The zero-order chi connectivity index (χ0) is 17.6. The maximum atomic E-state index is 13.8. The van der Waals surface area contributed by atoms with E-state index < -0.39 is 17.8 Å². The molecular weight excluding hydrogens is 321 g/mol. The molecule has 124 valence electrons. The Morgan fingerprint density at radius 1 is 1.20 bits per heavy atom. The molecule has 1 amide bonds. The molecular formula is C19H14FN3O2. The summed E-state index contributed by atoms with van der Waals surface area (Å²) in [6.45, 7) is 0. The van der Waals surface area contributed by atoms with Crippen molar-refractivity contribution in [3.05, 3.63) is 77.7 Å². The van der Waals surface area contributed by atoms with Gasteiger partial charge in [-0.25, -0.2) is 4.39 Å². The number of carbonyl (C=O) groups is 1. The summed E-state index contributed by atoms with van der Waals surface area (Å²) < 4.78 is 19.0. The van der Waals surface area contributed by atoms with Gasteiger partial charge >= 0.3 is 0 Å². The number of nitriles is 1. The first kappa shape index (κ1) is 16.4. The number of aromatic nitrogens is 1. The van der Waals surface area contributed by atoms with Crippen LogP contribution in [-0.4, -0.2) is 11.1 Å². The number of carbonyl (C=O) groups excluding carboxylic acids is 1. The quantitative estimate of drug-likeness (QED) is 0.775. The Kier molecular flexibility index (Phi) is 4.86. The van der Waals surface area contributed by atoms with Gasteiger partial charge in [-0.1, -0.05) is 53.7 Å². The van der Waals surface area contributed by atoms with Gasteiger partial charge in [-0.05, 0) is 6.07 Å². The third-order valence-electron chi connectivity index (χ3n) is 3.61. The number of hydrogen-bond acceptors (Lipinski definition) is 4. The summed E-state index contributed by atoms with van der Waals surface area (Å²) >= 11 is 0. The first-order valence-corrected chi connectivity index (χ1v) is 7.62. The molecule has 0 aliphatic heterocycles. The molecule has 0 spiro atoms. The molecule has 1 heterocycles. The zero-order valence-corrected chi connectivity index (χ0v) is 13.1. The van der Waals surface area contributed by atoms with Crippen LogP contribution in [0.2, 0.25) is 0 Å². The molecule has 1 aromatic heterocycles. The molecule has 0 saturated heterocycles. The Labute approximate surface area is 143 Å². The Hall–Kier alpha value is -3.46. The summed E-state index contributed by atoms with van der Waals surface area (Å²) in [5, 5.41) is 15.6. The lowest BCUT2D eigenvalue weighted by Crippen LogP contribution is -2.29. The number of halogens is 1. The van der Waals surface area contributed by atoms with Gasteiger partial charge in [0, 0.05) is 17.2 Å². The molecule has 0 radical (unpaired) electrons. The van der Waals surface area contributed by atoms with Crippen LogP contribution in [0.3, 0.4) is 0 Å². The van der Waals surface area contributed by atoms with Crippen LogP contribution in [0, 0.1) is 17.1 Å². The van der Waals surface area contributed by atoms with Crippen LogP contribution in [0.15, 0.2) is 65.2 Å². The minimum atomic E-state index is -1.06. The summed E-state index contributed by atoms with van der Waals surface area (Å²) in [7, 11) is 0. The lowest BCUT2D eigenvalue weighted by molar-refractivity contribution is -0.120. The molecule has 1 N–H and O–H groups in total. The molecule has 5 nitrogen and oxygen atoms in total. The fourth-order valence-electron chi connectivity index (χ4n) is 2.40. The molecule has 3 aromatic rings. The van der Waals surface area contributed by atoms with Crippen molar-refractivity contribution >= 4 is 5.91 Å². The van der Waals surface area contributed by atoms with E-state index in [4.69, 9.17) is 4.52 Å². The smallest absolute Gasteiger partial charge is 0.227 e. The molecule has 2 aromatic carbocycles. The van der Waals surface area contributed by atoms with E-state index in [1.807, 2.05) is 36.4 Å². The van der Waals surface area contributed by atoms with Gasteiger partial charge in [-0.15, -0.1) is 0 Å². The van der Waals surface area contributed by atoms with E-state index in [0.29, 0.717) is 11.5 Å². The normalized spacial score (nSPS) is 11.5. The van der Waals surface area contributed by atoms with Crippen molar-refractivity contribution in [1.82, 2.24) is 10.5 Å². The molecule has 3 rings (SSSR count). The van der Waals surface area contributed by atoms with Crippen molar-refractivity contribution in [3.63, 3.8) is 0 Å². The maximum absolute atomic E-state index is 13.8. The molecule has 25 heavy (non-hydrogen) atoms. The predicted molar refractivity (Wildman–Crippen MR) is 88.5 cm³/mol. The van der Waals surface area contributed by atoms with E-state index in [9.17, 15) is 14.4 Å². The van der Waals surface area contributed by atoms with E-state index in [-0.39, 0.29) is 12.0 Å². The van der Waals surface area contributed by atoms with Crippen molar-refractivity contribution < 1.29 is 13.7 Å². The van der Waals surface area contributed by atoms with Gasteiger partial charge in [0.05, 0.1) is 18.2 Å². The van der Waals surface area contributed by atoms with Gasteiger partial charge in [0.15, 0.2) is 5.76 Å². The SMILES string of the molecule is N#C[C@@H](NC(=O)Cc1cc(-c2ccccc2)on1)c1ccccc1F. The number of nitrogens with zero attached hydrogens (tertiary/aromatic N) is 2. The van der Waals surface area contributed by atoms with E-state index in [0.717, 1.165) is 5.56 Å².